The predicted molar refractivity (Wildman–Crippen MR) is 100 cm³/mol. The van der Waals surface area contributed by atoms with Crippen molar-refractivity contribution in [2.24, 2.45) is 0 Å². The number of rotatable bonds is 5. The summed E-state index contributed by atoms with van der Waals surface area (Å²) in [7, 11) is 0. The lowest BCUT2D eigenvalue weighted by atomic mass is 10.1. The molecule has 1 aliphatic rings. The average Bonchev–Trinajstić information content (AvgIpc) is 2.89. The molecule has 0 unspecified atom stereocenters. The summed E-state index contributed by atoms with van der Waals surface area (Å²) >= 11 is 5.86. The third-order valence-electron chi connectivity index (χ3n) is 4.25. The molecule has 1 aliphatic heterocycles. The predicted octanol–water partition coefficient (Wildman–Crippen LogP) is 2.96. The van der Waals surface area contributed by atoms with Crippen molar-refractivity contribution < 1.29 is 19.2 Å². The van der Waals surface area contributed by atoms with Gasteiger partial charge in [-0.3, -0.25) is 24.1 Å². The monoisotopic (exact) mass is 384 g/mol. The Morgan fingerprint density at radius 3 is 2.37 bits per heavy atom. The maximum atomic E-state index is 12.4. The number of imide groups is 1. The molecule has 0 bridgehead atoms. The van der Waals surface area contributed by atoms with Crippen molar-refractivity contribution >= 4 is 35.1 Å². The number of fused-ring (bicyclic) bond motifs is 1. The van der Waals surface area contributed by atoms with Crippen LogP contribution in [0.25, 0.3) is 0 Å². The normalized spacial score (nSPS) is 13.1. The minimum atomic E-state index is -0.503. The molecule has 0 fully saturated rings. The first-order valence-corrected chi connectivity index (χ1v) is 8.76. The summed E-state index contributed by atoms with van der Waals surface area (Å²) in [6, 6.07) is 10.5. The number of nitrogens with one attached hydrogen (secondary N) is 1. The van der Waals surface area contributed by atoms with E-state index in [0.717, 1.165) is 4.90 Å². The molecule has 0 saturated carbocycles. The lowest BCUT2D eigenvalue weighted by molar-refractivity contribution is 0.0608. The quantitative estimate of drug-likeness (QED) is 0.634. The lowest BCUT2D eigenvalue weighted by Gasteiger charge is -2.17. The highest BCUT2D eigenvalue weighted by Crippen LogP contribution is 2.25. The third-order valence-corrected chi connectivity index (χ3v) is 4.49. The Labute approximate surface area is 161 Å². The van der Waals surface area contributed by atoms with Crippen molar-refractivity contribution in [3.8, 4) is 0 Å². The van der Waals surface area contributed by atoms with Crippen molar-refractivity contribution in [3.05, 3.63) is 69.7 Å². The van der Waals surface area contributed by atoms with Gasteiger partial charge in [0.05, 0.1) is 17.7 Å². The van der Waals surface area contributed by atoms with Gasteiger partial charge in [0.1, 0.15) is 0 Å². The summed E-state index contributed by atoms with van der Waals surface area (Å²) in [4.78, 5) is 50.4. The summed E-state index contributed by atoms with van der Waals surface area (Å²) < 4.78 is 0. The fraction of sp³-hybridized carbons (Fsp3) is 0.200. The van der Waals surface area contributed by atoms with E-state index in [2.05, 4.69) is 5.32 Å². The third kappa shape index (κ3) is 3.61. The molecule has 27 heavy (non-hydrogen) atoms. The number of nitrogens with zero attached hydrogens (tertiary/aromatic N) is 1. The maximum absolute atomic E-state index is 12.4. The first-order chi connectivity index (χ1) is 12.8. The van der Waals surface area contributed by atoms with Crippen molar-refractivity contribution in [1.82, 2.24) is 10.2 Å². The second-order valence-corrected chi connectivity index (χ2v) is 6.89. The topological polar surface area (TPSA) is 83.6 Å². The van der Waals surface area contributed by atoms with Gasteiger partial charge in [-0.05, 0) is 44.2 Å². The van der Waals surface area contributed by atoms with Crippen LogP contribution in [0.4, 0.5) is 0 Å². The van der Waals surface area contributed by atoms with Crippen LogP contribution >= 0.6 is 11.6 Å². The first-order valence-electron chi connectivity index (χ1n) is 8.38. The number of halogens is 1. The molecule has 2 aromatic rings. The molecule has 3 rings (SSSR count). The van der Waals surface area contributed by atoms with Gasteiger partial charge in [0.2, 0.25) is 0 Å². The van der Waals surface area contributed by atoms with Crippen LogP contribution in [0, 0.1) is 0 Å². The van der Waals surface area contributed by atoms with E-state index >= 15 is 0 Å². The zero-order valence-corrected chi connectivity index (χ0v) is 15.5. The summed E-state index contributed by atoms with van der Waals surface area (Å²) in [5.74, 6) is -1.58. The molecule has 0 aromatic heterocycles. The molecular formula is C20H17ClN2O4. The lowest BCUT2D eigenvalue weighted by Crippen LogP contribution is -2.35. The fourth-order valence-corrected chi connectivity index (χ4v) is 3.09. The number of carbonyl (C=O) groups excluding carboxylic acids is 4. The molecule has 2 aromatic carbocycles. The van der Waals surface area contributed by atoms with E-state index < -0.39 is 11.8 Å². The van der Waals surface area contributed by atoms with Gasteiger partial charge in [0, 0.05) is 22.2 Å². The highest BCUT2D eigenvalue weighted by atomic mass is 35.5. The highest BCUT2D eigenvalue weighted by Gasteiger charge is 2.37. The molecule has 0 spiro atoms. The standard InChI is InChI=1S/C20H17ClN2O4/c1-11(2)23-19(26)15-7-6-13(9-16(15)20(23)27)18(25)22-10-17(24)12-4-3-5-14(21)8-12/h3-9,11H,10H2,1-2H3,(H,22,25). The van der Waals surface area contributed by atoms with Gasteiger partial charge >= 0.3 is 0 Å². The van der Waals surface area contributed by atoms with E-state index in [9.17, 15) is 19.2 Å². The van der Waals surface area contributed by atoms with Gasteiger partial charge in [-0.15, -0.1) is 0 Å². The molecule has 0 aliphatic carbocycles. The summed E-state index contributed by atoms with van der Waals surface area (Å²) in [5.41, 5.74) is 1.08. The van der Waals surface area contributed by atoms with Gasteiger partial charge in [-0.25, -0.2) is 0 Å². The number of Topliss-reactive ketones (excluding diaryl/α,β-unsaturated/α-hetero) is 1. The van der Waals surface area contributed by atoms with E-state index in [-0.39, 0.29) is 41.0 Å². The van der Waals surface area contributed by atoms with E-state index in [1.54, 1.807) is 32.0 Å². The Hall–Kier alpha value is -2.99. The van der Waals surface area contributed by atoms with Crippen LogP contribution in [-0.4, -0.2) is 41.0 Å². The van der Waals surface area contributed by atoms with Gasteiger partial charge < -0.3 is 5.32 Å². The Balaban J connectivity index is 1.73. The number of amides is 3. The van der Waals surface area contributed by atoms with Crippen LogP contribution < -0.4 is 5.32 Å². The van der Waals surface area contributed by atoms with E-state index in [1.807, 2.05) is 0 Å². The zero-order valence-electron chi connectivity index (χ0n) is 14.8. The Kier molecular flexibility index (Phi) is 5.10. The van der Waals surface area contributed by atoms with Crippen LogP contribution in [0.15, 0.2) is 42.5 Å². The van der Waals surface area contributed by atoms with E-state index in [4.69, 9.17) is 11.6 Å². The Morgan fingerprint density at radius 1 is 1.00 bits per heavy atom. The zero-order chi connectivity index (χ0) is 19.7. The van der Waals surface area contributed by atoms with Gasteiger partial charge in [-0.1, -0.05) is 23.7 Å². The molecule has 0 saturated heterocycles. The van der Waals surface area contributed by atoms with Gasteiger partial charge in [0.25, 0.3) is 17.7 Å². The molecule has 1 N–H and O–H groups in total. The first kappa shape index (κ1) is 18.8. The summed E-state index contributed by atoms with van der Waals surface area (Å²) in [6.45, 7) is 3.29. The van der Waals surface area contributed by atoms with Crippen LogP contribution in [0.1, 0.15) is 55.3 Å². The molecule has 6 nitrogen and oxygen atoms in total. The van der Waals surface area contributed by atoms with Crippen molar-refractivity contribution in [2.45, 2.75) is 19.9 Å². The SMILES string of the molecule is CC(C)N1C(=O)c2ccc(C(=O)NCC(=O)c3cccc(Cl)c3)cc2C1=O. The largest absolute Gasteiger partial charge is 0.345 e. The fourth-order valence-electron chi connectivity index (χ4n) is 2.90. The van der Waals surface area contributed by atoms with Gasteiger partial charge in [0.15, 0.2) is 5.78 Å². The van der Waals surface area contributed by atoms with E-state index in [0.29, 0.717) is 10.6 Å². The smallest absolute Gasteiger partial charge is 0.261 e. The van der Waals surface area contributed by atoms with Crippen molar-refractivity contribution in [3.63, 3.8) is 0 Å². The van der Waals surface area contributed by atoms with Crippen LogP contribution in [0.5, 0.6) is 0 Å². The molecule has 0 radical (unpaired) electrons. The van der Waals surface area contributed by atoms with Crippen LogP contribution in [0.2, 0.25) is 5.02 Å². The van der Waals surface area contributed by atoms with E-state index in [1.165, 1.54) is 24.3 Å². The molecule has 0 atom stereocenters. The Morgan fingerprint density at radius 2 is 1.70 bits per heavy atom. The minimum Gasteiger partial charge on any atom is -0.345 e. The van der Waals surface area contributed by atoms with Gasteiger partial charge in [-0.2, -0.15) is 0 Å². The number of hydrogen-bond acceptors (Lipinski definition) is 4. The van der Waals surface area contributed by atoms with Crippen molar-refractivity contribution in [1.29, 1.82) is 0 Å². The highest BCUT2D eigenvalue weighted by molar-refractivity contribution is 6.31. The maximum Gasteiger partial charge on any atom is 0.261 e. The second kappa shape index (κ2) is 7.32. The molecule has 1 heterocycles. The second-order valence-electron chi connectivity index (χ2n) is 6.45. The molecule has 3 amide bonds. The molecular weight excluding hydrogens is 368 g/mol. The Bertz CT molecular complexity index is 968. The molecule has 138 valence electrons. The number of benzene rings is 2. The number of ketones is 1. The van der Waals surface area contributed by atoms with Crippen LogP contribution in [-0.2, 0) is 0 Å². The summed E-state index contributed by atoms with van der Waals surface area (Å²) in [5, 5.41) is 2.96. The minimum absolute atomic E-state index is 0.197. The number of hydrogen-bond donors (Lipinski definition) is 1. The summed E-state index contributed by atoms with van der Waals surface area (Å²) in [6.07, 6.45) is 0. The number of carbonyl (C=O) groups is 4. The van der Waals surface area contributed by atoms with Crippen molar-refractivity contribution in [2.75, 3.05) is 6.54 Å². The molecule has 7 heteroatoms. The average molecular weight is 385 g/mol. The van der Waals surface area contributed by atoms with Crippen LogP contribution in [0.3, 0.4) is 0 Å².